The first-order chi connectivity index (χ1) is 12.3. The van der Waals surface area contributed by atoms with Gasteiger partial charge in [-0.05, 0) is 17.7 Å². The van der Waals surface area contributed by atoms with Gasteiger partial charge in [-0.25, -0.2) is 4.98 Å². The van der Waals surface area contributed by atoms with E-state index in [1.807, 2.05) is 60.8 Å². The van der Waals surface area contributed by atoms with Gasteiger partial charge in [0.05, 0.1) is 17.6 Å². The zero-order chi connectivity index (χ0) is 17.1. The minimum absolute atomic E-state index is 0.530. The molecule has 7 heteroatoms. The number of nitrogens with zero attached hydrogens (tertiary/aromatic N) is 3. The van der Waals surface area contributed by atoms with E-state index in [2.05, 4.69) is 20.1 Å². The van der Waals surface area contributed by atoms with Gasteiger partial charge in [-0.15, -0.1) is 0 Å². The van der Waals surface area contributed by atoms with E-state index in [1.165, 1.54) is 11.8 Å². The van der Waals surface area contributed by atoms with Crippen molar-refractivity contribution in [1.82, 2.24) is 20.1 Å². The van der Waals surface area contributed by atoms with Gasteiger partial charge in [0.1, 0.15) is 0 Å². The van der Waals surface area contributed by atoms with Crippen LogP contribution < -0.4 is 0 Å². The standard InChI is InChI=1S/C18H13ClN4OS/c19-14-8-4-7-13(9-14)17-22-16(24-23-17)11-25-18-20-10-15(21-18)12-5-2-1-3-6-12/h1-10H,11H2,(H,20,21). The molecule has 2 aromatic heterocycles. The fraction of sp³-hybridized carbons (Fsp3) is 0.0556. The molecule has 0 aliphatic heterocycles. The highest BCUT2D eigenvalue weighted by Crippen LogP contribution is 2.25. The summed E-state index contributed by atoms with van der Waals surface area (Å²) in [5.74, 6) is 1.61. The lowest BCUT2D eigenvalue weighted by molar-refractivity contribution is 0.391. The second-order valence-corrected chi connectivity index (χ2v) is 6.68. The first-order valence-electron chi connectivity index (χ1n) is 7.60. The molecule has 4 aromatic rings. The average molecular weight is 369 g/mol. The Kier molecular flexibility index (Phi) is 4.54. The van der Waals surface area contributed by atoms with Crippen LogP contribution in [0.15, 0.2) is 70.5 Å². The predicted molar refractivity (Wildman–Crippen MR) is 98.3 cm³/mol. The molecule has 1 N–H and O–H groups in total. The Labute approximate surface area is 153 Å². The molecule has 0 bridgehead atoms. The lowest BCUT2D eigenvalue weighted by Crippen LogP contribution is -1.84. The van der Waals surface area contributed by atoms with Gasteiger partial charge in [0.15, 0.2) is 5.16 Å². The summed E-state index contributed by atoms with van der Waals surface area (Å²) < 4.78 is 5.31. The maximum atomic E-state index is 5.99. The van der Waals surface area contributed by atoms with E-state index in [1.54, 1.807) is 0 Å². The third kappa shape index (κ3) is 3.75. The molecule has 0 saturated carbocycles. The van der Waals surface area contributed by atoms with Crippen LogP contribution in [0.2, 0.25) is 5.02 Å². The predicted octanol–water partition coefficient (Wildman–Crippen LogP) is 5.07. The van der Waals surface area contributed by atoms with Crippen molar-refractivity contribution in [1.29, 1.82) is 0 Å². The largest absolute Gasteiger partial charge is 0.338 e. The molecular formula is C18H13ClN4OS. The summed E-state index contributed by atoms with van der Waals surface area (Å²) in [6.07, 6.45) is 1.82. The minimum Gasteiger partial charge on any atom is -0.338 e. The Hall–Kier alpha value is -2.57. The summed E-state index contributed by atoms with van der Waals surface area (Å²) in [5, 5.41) is 5.45. The smallest absolute Gasteiger partial charge is 0.237 e. The topological polar surface area (TPSA) is 67.6 Å². The number of benzene rings is 2. The highest BCUT2D eigenvalue weighted by Gasteiger charge is 2.11. The van der Waals surface area contributed by atoms with Crippen LogP contribution >= 0.6 is 23.4 Å². The van der Waals surface area contributed by atoms with Crippen LogP contribution in [0, 0.1) is 0 Å². The number of thioether (sulfide) groups is 1. The molecule has 0 saturated heterocycles. The maximum Gasteiger partial charge on any atom is 0.237 e. The van der Waals surface area contributed by atoms with Crippen molar-refractivity contribution in [3.63, 3.8) is 0 Å². The van der Waals surface area contributed by atoms with Crippen LogP contribution in [0.4, 0.5) is 0 Å². The molecule has 0 atom stereocenters. The highest BCUT2D eigenvalue weighted by atomic mass is 35.5. The number of halogens is 1. The molecule has 0 fully saturated rings. The van der Waals surface area contributed by atoms with E-state index in [9.17, 15) is 0 Å². The van der Waals surface area contributed by atoms with Crippen LogP contribution in [0.25, 0.3) is 22.6 Å². The minimum atomic E-state index is 0.530. The number of imidazole rings is 1. The Morgan fingerprint density at radius 1 is 1.04 bits per heavy atom. The van der Waals surface area contributed by atoms with Gasteiger partial charge in [0, 0.05) is 10.6 Å². The summed E-state index contributed by atoms with van der Waals surface area (Å²) in [6, 6.07) is 17.4. The van der Waals surface area contributed by atoms with Crippen molar-refractivity contribution in [2.75, 3.05) is 0 Å². The second kappa shape index (κ2) is 7.13. The third-order valence-electron chi connectivity index (χ3n) is 3.52. The van der Waals surface area contributed by atoms with Crippen molar-refractivity contribution in [2.24, 2.45) is 0 Å². The van der Waals surface area contributed by atoms with E-state index in [0.717, 1.165) is 22.0 Å². The van der Waals surface area contributed by atoms with Gasteiger partial charge in [-0.3, -0.25) is 0 Å². The first-order valence-corrected chi connectivity index (χ1v) is 8.96. The Bertz CT molecular complexity index is 983. The molecule has 0 amide bonds. The van der Waals surface area contributed by atoms with Crippen molar-refractivity contribution in [2.45, 2.75) is 10.9 Å². The lowest BCUT2D eigenvalue weighted by Gasteiger charge is -1.96. The maximum absolute atomic E-state index is 5.99. The average Bonchev–Trinajstić information content (AvgIpc) is 3.30. The van der Waals surface area contributed by atoms with Gasteiger partial charge in [0.25, 0.3) is 0 Å². The number of H-pyrrole nitrogens is 1. The van der Waals surface area contributed by atoms with E-state index in [4.69, 9.17) is 16.1 Å². The molecule has 5 nitrogen and oxygen atoms in total. The molecule has 0 spiro atoms. The molecule has 124 valence electrons. The van der Waals surface area contributed by atoms with Gasteiger partial charge >= 0.3 is 0 Å². The zero-order valence-corrected chi connectivity index (χ0v) is 14.6. The number of aromatic amines is 1. The molecule has 2 aromatic carbocycles. The quantitative estimate of drug-likeness (QED) is 0.498. The molecule has 0 unspecified atom stereocenters. The van der Waals surface area contributed by atoms with Crippen LogP contribution in [0.5, 0.6) is 0 Å². The fourth-order valence-corrected chi connectivity index (χ4v) is 3.21. The van der Waals surface area contributed by atoms with E-state index < -0.39 is 0 Å². The van der Waals surface area contributed by atoms with Crippen LogP contribution in [0.1, 0.15) is 5.89 Å². The van der Waals surface area contributed by atoms with Gasteiger partial charge < -0.3 is 9.51 Å². The normalized spacial score (nSPS) is 10.9. The number of aromatic nitrogens is 4. The van der Waals surface area contributed by atoms with E-state index in [0.29, 0.717) is 22.5 Å². The molecule has 0 aliphatic rings. The fourth-order valence-electron chi connectivity index (χ4n) is 2.33. The van der Waals surface area contributed by atoms with Crippen molar-refractivity contribution in [3.8, 4) is 22.6 Å². The number of rotatable bonds is 5. The first kappa shape index (κ1) is 15.9. The van der Waals surface area contributed by atoms with Gasteiger partial charge in [-0.1, -0.05) is 71.0 Å². The zero-order valence-electron chi connectivity index (χ0n) is 13.0. The molecule has 25 heavy (non-hydrogen) atoms. The van der Waals surface area contributed by atoms with E-state index in [-0.39, 0.29) is 0 Å². The van der Waals surface area contributed by atoms with Crippen LogP contribution in [-0.2, 0) is 5.75 Å². The Balaban J connectivity index is 1.43. The van der Waals surface area contributed by atoms with Crippen molar-refractivity contribution in [3.05, 3.63) is 71.7 Å². The SMILES string of the molecule is Clc1cccc(-c2noc(CSc3ncc(-c4ccccc4)[nH]3)n2)c1. The van der Waals surface area contributed by atoms with Gasteiger partial charge in [-0.2, -0.15) is 4.98 Å². The van der Waals surface area contributed by atoms with Gasteiger partial charge in [0.2, 0.25) is 11.7 Å². The second-order valence-electron chi connectivity index (χ2n) is 5.28. The highest BCUT2D eigenvalue weighted by molar-refractivity contribution is 7.98. The summed E-state index contributed by atoms with van der Waals surface area (Å²) in [5.41, 5.74) is 2.91. The van der Waals surface area contributed by atoms with Crippen molar-refractivity contribution < 1.29 is 4.52 Å². The number of hydrogen-bond donors (Lipinski definition) is 1. The summed E-state index contributed by atoms with van der Waals surface area (Å²) in [7, 11) is 0. The number of hydrogen-bond acceptors (Lipinski definition) is 5. The lowest BCUT2D eigenvalue weighted by atomic mass is 10.2. The van der Waals surface area contributed by atoms with Crippen LogP contribution in [0.3, 0.4) is 0 Å². The molecule has 4 rings (SSSR count). The molecular weight excluding hydrogens is 356 g/mol. The third-order valence-corrected chi connectivity index (χ3v) is 4.63. The van der Waals surface area contributed by atoms with E-state index >= 15 is 0 Å². The van der Waals surface area contributed by atoms with Crippen LogP contribution in [-0.4, -0.2) is 20.1 Å². The van der Waals surface area contributed by atoms with Crippen molar-refractivity contribution >= 4 is 23.4 Å². The molecule has 0 aliphatic carbocycles. The summed E-state index contributed by atoms with van der Waals surface area (Å²) in [4.78, 5) is 12.1. The summed E-state index contributed by atoms with van der Waals surface area (Å²) >= 11 is 7.50. The monoisotopic (exact) mass is 368 g/mol. The summed E-state index contributed by atoms with van der Waals surface area (Å²) in [6.45, 7) is 0. The number of nitrogens with one attached hydrogen (secondary N) is 1. The molecule has 0 radical (unpaired) electrons. The Morgan fingerprint density at radius 2 is 1.88 bits per heavy atom. The Morgan fingerprint density at radius 3 is 2.72 bits per heavy atom. The molecule has 2 heterocycles.